The van der Waals surface area contributed by atoms with E-state index < -0.39 is 11.9 Å². The van der Waals surface area contributed by atoms with Crippen LogP contribution in [0, 0.1) is 5.92 Å². The Hall–Kier alpha value is -1.49. The summed E-state index contributed by atoms with van der Waals surface area (Å²) < 4.78 is 4.90. The van der Waals surface area contributed by atoms with Crippen molar-refractivity contribution >= 4 is 23.5 Å². The maximum Gasteiger partial charge on any atom is 0.303 e. The molecule has 16 heavy (non-hydrogen) atoms. The molecule has 1 aromatic rings. The number of carbonyl (C=O) groups excluding carboxylic acids is 1. The SMILES string of the molecule is CC(CNC(=O)c1ccc(Cl)o1)CC(=O)O. The van der Waals surface area contributed by atoms with Gasteiger partial charge in [0.05, 0.1) is 0 Å². The molecule has 0 saturated heterocycles. The monoisotopic (exact) mass is 245 g/mol. The van der Waals surface area contributed by atoms with E-state index in [9.17, 15) is 9.59 Å². The molecule has 0 spiro atoms. The number of halogens is 1. The Morgan fingerprint density at radius 1 is 1.56 bits per heavy atom. The van der Waals surface area contributed by atoms with E-state index in [1.807, 2.05) is 0 Å². The molecule has 5 nitrogen and oxygen atoms in total. The topological polar surface area (TPSA) is 79.5 Å². The Bertz CT molecular complexity index is 388. The number of hydrogen-bond donors (Lipinski definition) is 2. The fraction of sp³-hybridized carbons (Fsp3) is 0.400. The number of carboxylic acids is 1. The van der Waals surface area contributed by atoms with E-state index in [0.717, 1.165) is 0 Å². The summed E-state index contributed by atoms with van der Waals surface area (Å²) in [6.45, 7) is 2.02. The molecule has 0 aliphatic carbocycles. The number of carboxylic acid groups (broad SMARTS) is 1. The maximum absolute atomic E-state index is 11.4. The number of hydrogen-bond acceptors (Lipinski definition) is 3. The standard InChI is InChI=1S/C10H12ClNO4/c1-6(4-9(13)14)5-12-10(15)7-2-3-8(11)16-7/h2-3,6H,4-5H2,1H3,(H,12,15)(H,13,14). The first-order chi connectivity index (χ1) is 7.49. The lowest BCUT2D eigenvalue weighted by Gasteiger charge is -2.08. The lowest BCUT2D eigenvalue weighted by Crippen LogP contribution is -2.28. The van der Waals surface area contributed by atoms with Crippen LogP contribution in [0.2, 0.25) is 5.22 Å². The van der Waals surface area contributed by atoms with Gasteiger partial charge >= 0.3 is 5.97 Å². The largest absolute Gasteiger partial charge is 0.481 e. The third-order valence-electron chi connectivity index (χ3n) is 1.93. The highest BCUT2D eigenvalue weighted by molar-refractivity contribution is 6.29. The van der Waals surface area contributed by atoms with Gasteiger partial charge < -0.3 is 14.8 Å². The van der Waals surface area contributed by atoms with Crippen LogP contribution < -0.4 is 5.32 Å². The first-order valence-electron chi connectivity index (χ1n) is 4.74. The highest BCUT2D eigenvalue weighted by Gasteiger charge is 2.13. The van der Waals surface area contributed by atoms with Gasteiger partial charge in [0.15, 0.2) is 11.0 Å². The first-order valence-corrected chi connectivity index (χ1v) is 5.12. The Morgan fingerprint density at radius 3 is 2.75 bits per heavy atom. The van der Waals surface area contributed by atoms with Gasteiger partial charge in [-0.1, -0.05) is 6.92 Å². The predicted molar refractivity (Wildman–Crippen MR) is 57.5 cm³/mol. The average molecular weight is 246 g/mol. The van der Waals surface area contributed by atoms with E-state index >= 15 is 0 Å². The van der Waals surface area contributed by atoms with Crippen molar-refractivity contribution in [3.05, 3.63) is 23.1 Å². The molecule has 1 atom stereocenters. The number of aliphatic carboxylic acids is 1. The van der Waals surface area contributed by atoms with Gasteiger partial charge in [-0.3, -0.25) is 9.59 Å². The minimum atomic E-state index is -0.886. The van der Waals surface area contributed by atoms with Crippen LogP contribution in [0.25, 0.3) is 0 Å². The predicted octanol–water partition coefficient (Wildman–Crippen LogP) is 1.77. The quantitative estimate of drug-likeness (QED) is 0.829. The summed E-state index contributed by atoms with van der Waals surface area (Å²) in [4.78, 5) is 21.8. The van der Waals surface area contributed by atoms with Gasteiger partial charge in [-0.05, 0) is 29.7 Å². The Balaban J connectivity index is 2.38. The van der Waals surface area contributed by atoms with Crippen molar-refractivity contribution in [1.29, 1.82) is 0 Å². The molecule has 0 saturated carbocycles. The van der Waals surface area contributed by atoms with Crippen molar-refractivity contribution in [2.24, 2.45) is 5.92 Å². The molecule has 1 rings (SSSR count). The lowest BCUT2D eigenvalue weighted by atomic mass is 10.1. The molecular weight excluding hydrogens is 234 g/mol. The third-order valence-corrected chi connectivity index (χ3v) is 2.13. The summed E-state index contributed by atoms with van der Waals surface area (Å²) in [5, 5.41) is 11.2. The zero-order valence-electron chi connectivity index (χ0n) is 8.70. The summed E-state index contributed by atoms with van der Waals surface area (Å²) in [6, 6.07) is 2.93. The molecule has 1 amide bonds. The molecule has 0 fully saturated rings. The highest BCUT2D eigenvalue weighted by Crippen LogP contribution is 2.12. The summed E-state index contributed by atoms with van der Waals surface area (Å²) in [5.74, 6) is -1.30. The molecular formula is C10H12ClNO4. The minimum Gasteiger partial charge on any atom is -0.481 e. The zero-order valence-corrected chi connectivity index (χ0v) is 9.45. The van der Waals surface area contributed by atoms with Crippen LogP contribution in [0.4, 0.5) is 0 Å². The molecule has 0 aromatic carbocycles. The maximum atomic E-state index is 11.4. The summed E-state index contributed by atoms with van der Waals surface area (Å²) in [6.07, 6.45) is 0.0131. The van der Waals surface area contributed by atoms with Crippen LogP contribution in [-0.4, -0.2) is 23.5 Å². The first kappa shape index (κ1) is 12.6. The number of carbonyl (C=O) groups is 2. The van der Waals surface area contributed by atoms with Gasteiger partial charge in [0.2, 0.25) is 0 Å². The third kappa shape index (κ3) is 3.94. The van der Waals surface area contributed by atoms with Crippen molar-refractivity contribution in [1.82, 2.24) is 5.32 Å². The summed E-state index contributed by atoms with van der Waals surface area (Å²) in [7, 11) is 0. The van der Waals surface area contributed by atoms with E-state index in [2.05, 4.69) is 5.32 Å². The zero-order chi connectivity index (χ0) is 12.1. The van der Waals surface area contributed by atoms with Crippen molar-refractivity contribution in [2.45, 2.75) is 13.3 Å². The van der Waals surface area contributed by atoms with Crippen LogP contribution in [-0.2, 0) is 4.79 Å². The Labute approximate surface area is 97.4 Å². The van der Waals surface area contributed by atoms with E-state index in [1.54, 1.807) is 6.92 Å². The second-order valence-corrected chi connectivity index (χ2v) is 3.89. The van der Waals surface area contributed by atoms with Crippen LogP contribution in [0.5, 0.6) is 0 Å². The van der Waals surface area contributed by atoms with Crippen LogP contribution >= 0.6 is 11.6 Å². The van der Waals surface area contributed by atoms with E-state index in [1.165, 1.54) is 12.1 Å². The molecule has 1 heterocycles. The molecule has 1 unspecified atom stereocenters. The van der Waals surface area contributed by atoms with E-state index in [0.29, 0.717) is 0 Å². The fourth-order valence-corrected chi connectivity index (χ4v) is 1.31. The van der Waals surface area contributed by atoms with Crippen LogP contribution in [0.15, 0.2) is 16.5 Å². The summed E-state index contributed by atoms with van der Waals surface area (Å²) >= 11 is 5.51. The molecule has 0 bridgehead atoms. The number of rotatable bonds is 5. The lowest BCUT2D eigenvalue weighted by molar-refractivity contribution is -0.137. The van der Waals surface area contributed by atoms with Gasteiger partial charge in [0, 0.05) is 13.0 Å². The minimum absolute atomic E-state index is 0.0131. The van der Waals surface area contributed by atoms with Crippen molar-refractivity contribution in [2.75, 3.05) is 6.54 Å². The fourth-order valence-electron chi connectivity index (χ4n) is 1.16. The van der Waals surface area contributed by atoms with Gasteiger partial charge in [-0.2, -0.15) is 0 Å². The Kier molecular flexibility index (Phi) is 4.37. The number of amides is 1. The second kappa shape index (κ2) is 5.55. The smallest absolute Gasteiger partial charge is 0.303 e. The van der Waals surface area contributed by atoms with E-state index in [4.69, 9.17) is 21.1 Å². The molecule has 0 radical (unpaired) electrons. The highest BCUT2D eigenvalue weighted by atomic mass is 35.5. The molecule has 0 aliphatic heterocycles. The van der Waals surface area contributed by atoms with Crippen molar-refractivity contribution in [3.8, 4) is 0 Å². The number of nitrogens with one attached hydrogen (secondary N) is 1. The van der Waals surface area contributed by atoms with Crippen LogP contribution in [0.1, 0.15) is 23.9 Å². The van der Waals surface area contributed by atoms with Gasteiger partial charge in [0.1, 0.15) is 0 Å². The molecule has 2 N–H and O–H groups in total. The van der Waals surface area contributed by atoms with E-state index in [-0.39, 0.29) is 29.9 Å². The second-order valence-electron chi connectivity index (χ2n) is 3.52. The Morgan fingerprint density at radius 2 is 2.25 bits per heavy atom. The average Bonchev–Trinajstić information content (AvgIpc) is 2.60. The molecule has 1 aromatic heterocycles. The molecule has 0 aliphatic rings. The normalized spacial score (nSPS) is 12.1. The van der Waals surface area contributed by atoms with Gasteiger partial charge in [-0.15, -0.1) is 0 Å². The molecule has 88 valence electrons. The van der Waals surface area contributed by atoms with Crippen LogP contribution in [0.3, 0.4) is 0 Å². The van der Waals surface area contributed by atoms with Gasteiger partial charge in [-0.25, -0.2) is 0 Å². The van der Waals surface area contributed by atoms with Crippen molar-refractivity contribution in [3.63, 3.8) is 0 Å². The molecule has 6 heteroatoms. The van der Waals surface area contributed by atoms with Crippen molar-refractivity contribution < 1.29 is 19.1 Å². The van der Waals surface area contributed by atoms with Gasteiger partial charge in [0.25, 0.3) is 5.91 Å². The summed E-state index contributed by atoms with van der Waals surface area (Å²) in [5.41, 5.74) is 0. The number of furan rings is 1.